The van der Waals surface area contributed by atoms with Crippen LogP contribution in [0.25, 0.3) is 0 Å². The summed E-state index contributed by atoms with van der Waals surface area (Å²) in [6.07, 6.45) is 10.9. The third kappa shape index (κ3) is 2.62. The van der Waals surface area contributed by atoms with Gasteiger partial charge in [0, 0.05) is 20.1 Å². The average Bonchev–Trinajstić information content (AvgIpc) is 2.45. The molecule has 1 unspecified atom stereocenters. The molecule has 0 aromatic rings. The highest BCUT2D eigenvalue weighted by molar-refractivity contribution is 5.79. The van der Waals surface area contributed by atoms with E-state index < -0.39 is 0 Å². The van der Waals surface area contributed by atoms with Crippen LogP contribution >= 0.6 is 0 Å². The van der Waals surface area contributed by atoms with Crippen LogP contribution < -0.4 is 5.32 Å². The van der Waals surface area contributed by atoms with E-state index in [9.17, 15) is 4.79 Å². The molecule has 0 radical (unpaired) electrons. The Labute approximate surface area is 128 Å². The van der Waals surface area contributed by atoms with Gasteiger partial charge in [-0.15, -0.1) is 0 Å². The SMILES string of the molecule is CN(CC12CC3CC(CC(C3)C1)C2)C(=O)C1CCCNC1. The number of carbonyl (C=O) groups is 1. The quantitative estimate of drug-likeness (QED) is 0.866. The fraction of sp³-hybridized carbons (Fsp3) is 0.944. The molecule has 3 heteroatoms. The Balaban J connectivity index is 1.41. The fourth-order valence-corrected chi connectivity index (χ4v) is 6.44. The minimum absolute atomic E-state index is 0.234. The van der Waals surface area contributed by atoms with E-state index in [1.165, 1.54) is 38.5 Å². The van der Waals surface area contributed by atoms with E-state index in [-0.39, 0.29) is 5.92 Å². The zero-order valence-corrected chi connectivity index (χ0v) is 13.4. The molecule has 0 aromatic heterocycles. The summed E-state index contributed by atoms with van der Waals surface area (Å²) in [7, 11) is 2.07. The van der Waals surface area contributed by atoms with Gasteiger partial charge in [-0.1, -0.05) is 0 Å². The molecule has 5 aliphatic rings. The van der Waals surface area contributed by atoms with E-state index in [4.69, 9.17) is 0 Å². The van der Waals surface area contributed by atoms with E-state index in [1.54, 1.807) is 0 Å². The highest BCUT2D eigenvalue weighted by atomic mass is 16.2. The maximum atomic E-state index is 12.7. The molecule has 4 aliphatic carbocycles. The van der Waals surface area contributed by atoms with Crippen LogP contribution in [-0.4, -0.2) is 37.5 Å². The third-order valence-electron chi connectivity index (χ3n) is 6.76. The van der Waals surface area contributed by atoms with Gasteiger partial charge in [0.25, 0.3) is 0 Å². The summed E-state index contributed by atoms with van der Waals surface area (Å²) in [4.78, 5) is 14.8. The van der Waals surface area contributed by atoms with Crippen molar-refractivity contribution in [3.05, 3.63) is 0 Å². The van der Waals surface area contributed by atoms with Crippen LogP contribution in [0.5, 0.6) is 0 Å². The van der Waals surface area contributed by atoms with E-state index in [1.807, 2.05) is 0 Å². The van der Waals surface area contributed by atoms with Crippen LogP contribution in [0.4, 0.5) is 0 Å². The number of hydrogen-bond donors (Lipinski definition) is 1. The molecule has 4 saturated carbocycles. The Morgan fingerprint density at radius 2 is 1.76 bits per heavy atom. The Bertz CT molecular complexity index is 378. The standard InChI is InChI=1S/C18H30N2O/c1-20(17(21)16-3-2-4-19-11-16)12-18-8-13-5-14(9-18)7-15(6-13)10-18/h13-16,19H,2-12H2,1H3. The second-order valence-corrected chi connectivity index (χ2v) is 8.66. The van der Waals surface area contributed by atoms with Crippen LogP contribution in [-0.2, 0) is 4.79 Å². The molecule has 1 N–H and O–H groups in total. The molecule has 1 aliphatic heterocycles. The molecule has 1 heterocycles. The largest absolute Gasteiger partial charge is 0.345 e. The third-order valence-corrected chi connectivity index (χ3v) is 6.76. The maximum absolute atomic E-state index is 12.7. The van der Waals surface area contributed by atoms with E-state index in [0.717, 1.165) is 50.2 Å². The molecular formula is C18H30N2O. The molecule has 118 valence electrons. The predicted octanol–water partition coefficient (Wildman–Crippen LogP) is 2.66. The van der Waals surface area contributed by atoms with Crippen molar-refractivity contribution in [3.8, 4) is 0 Å². The van der Waals surface area contributed by atoms with Crippen LogP contribution in [0.3, 0.4) is 0 Å². The van der Waals surface area contributed by atoms with Crippen molar-refractivity contribution in [2.45, 2.75) is 51.4 Å². The van der Waals surface area contributed by atoms with Crippen molar-refractivity contribution >= 4 is 5.91 Å². The summed E-state index contributed by atoms with van der Waals surface area (Å²) in [5.41, 5.74) is 0.487. The Hall–Kier alpha value is -0.570. The summed E-state index contributed by atoms with van der Waals surface area (Å²) >= 11 is 0. The van der Waals surface area contributed by atoms with Crippen LogP contribution in [0.1, 0.15) is 51.4 Å². The molecule has 3 nitrogen and oxygen atoms in total. The zero-order valence-electron chi connectivity index (χ0n) is 13.4. The molecule has 0 spiro atoms. The Morgan fingerprint density at radius 3 is 2.29 bits per heavy atom. The van der Waals surface area contributed by atoms with Crippen molar-refractivity contribution in [1.82, 2.24) is 10.2 Å². The maximum Gasteiger partial charge on any atom is 0.226 e. The van der Waals surface area contributed by atoms with Gasteiger partial charge in [-0.25, -0.2) is 0 Å². The number of nitrogens with zero attached hydrogens (tertiary/aromatic N) is 1. The predicted molar refractivity (Wildman–Crippen MR) is 83.8 cm³/mol. The first-order valence-corrected chi connectivity index (χ1v) is 9.09. The first-order chi connectivity index (χ1) is 10.1. The van der Waals surface area contributed by atoms with Crippen molar-refractivity contribution in [3.63, 3.8) is 0 Å². The van der Waals surface area contributed by atoms with Gasteiger partial charge < -0.3 is 10.2 Å². The second-order valence-electron chi connectivity index (χ2n) is 8.66. The van der Waals surface area contributed by atoms with E-state index in [2.05, 4.69) is 17.3 Å². The normalized spacial score (nSPS) is 44.8. The van der Waals surface area contributed by atoms with E-state index >= 15 is 0 Å². The summed E-state index contributed by atoms with van der Waals surface area (Å²) in [5.74, 6) is 3.58. The topological polar surface area (TPSA) is 32.3 Å². The molecule has 1 atom stereocenters. The zero-order chi connectivity index (χ0) is 14.4. The molecule has 4 bridgehead atoms. The number of hydrogen-bond acceptors (Lipinski definition) is 2. The lowest BCUT2D eigenvalue weighted by molar-refractivity contribution is -0.140. The van der Waals surface area contributed by atoms with Gasteiger partial charge in [-0.3, -0.25) is 4.79 Å². The van der Waals surface area contributed by atoms with Gasteiger partial charge in [0.05, 0.1) is 5.92 Å². The van der Waals surface area contributed by atoms with Gasteiger partial charge in [-0.2, -0.15) is 0 Å². The van der Waals surface area contributed by atoms with Crippen LogP contribution in [0.15, 0.2) is 0 Å². The van der Waals surface area contributed by atoms with Crippen molar-refractivity contribution in [2.75, 3.05) is 26.7 Å². The van der Waals surface area contributed by atoms with Gasteiger partial charge in [-0.05, 0) is 81.1 Å². The monoisotopic (exact) mass is 290 g/mol. The van der Waals surface area contributed by atoms with Crippen LogP contribution in [0, 0.1) is 29.1 Å². The van der Waals surface area contributed by atoms with E-state index in [0.29, 0.717) is 11.3 Å². The highest BCUT2D eigenvalue weighted by Gasteiger charge is 2.51. The smallest absolute Gasteiger partial charge is 0.226 e. The van der Waals surface area contributed by atoms with Gasteiger partial charge in [0.15, 0.2) is 0 Å². The first kappa shape index (κ1) is 14.0. The lowest BCUT2D eigenvalue weighted by Crippen LogP contribution is -2.52. The number of amides is 1. The number of piperidine rings is 1. The molecular weight excluding hydrogens is 260 g/mol. The summed E-state index contributed by atoms with van der Waals surface area (Å²) in [5, 5.41) is 3.38. The lowest BCUT2D eigenvalue weighted by Gasteiger charge is -2.57. The van der Waals surface area contributed by atoms with Crippen molar-refractivity contribution in [1.29, 1.82) is 0 Å². The van der Waals surface area contributed by atoms with Gasteiger partial charge in [0.2, 0.25) is 5.91 Å². The molecule has 1 amide bonds. The minimum Gasteiger partial charge on any atom is -0.345 e. The van der Waals surface area contributed by atoms with Crippen molar-refractivity contribution < 1.29 is 4.79 Å². The summed E-state index contributed by atoms with van der Waals surface area (Å²) in [6.45, 7) is 3.01. The molecule has 5 fully saturated rings. The fourth-order valence-electron chi connectivity index (χ4n) is 6.44. The molecule has 21 heavy (non-hydrogen) atoms. The molecule has 0 aromatic carbocycles. The molecule has 1 saturated heterocycles. The second kappa shape index (κ2) is 5.26. The van der Waals surface area contributed by atoms with Crippen molar-refractivity contribution in [2.24, 2.45) is 29.1 Å². The van der Waals surface area contributed by atoms with Gasteiger partial charge in [0.1, 0.15) is 0 Å². The summed E-state index contributed by atoms with van der Waals surface area (Å²) in [6, 6.07) is 0. The number of rotatable bonds is 3. The van der Waals surface area contributed by atoms with Crippen LogP contribution in [0.2, 0.25) is 0 Å². The Kier molecular flexibility index (Phi) is 3.52. The van der Waals surface area contributed by atoms with Gasteiger partial charge >= 0.3 is 0 Å². The lowest BCUT2D eigenvalue weighted by atomic mass is 9.49. The number of carbonyl (C=O) groups excluding carboxylic acids is 1. The molecule has 5 rings (SSSR count). The average molecular weight is 290 g/mol. The number of nitrogens with one attached hydrogen (secondary N) is 1. The minimum atomic E-state index is 0.234. The Morgan fingerprint density at radius 1 is 1.14 bits per heavy atom. The highest BCUT2D eigenvalue weighted by Crippen LogP contribution is 2.60. The summed E-state index contributed by atoms with van der Waals surface area (Å²) < 4.78 is 0. The first-order valence-electron chi connectivity index (χ1n) is 9.09.